The van der Waals surface area contributed by atoms with Gasteiger partial charge in [0.05, 0.1) is 0 Å². The third kappa shape index (κ3) is 2.48. The van der Waals surface area contributed by atoms with Crippen molar-refractivity contribution in [2.24, 2.45) is 0 Å². The molecule has 1 atom stereocenters. The van der Waals surface area contributed by atoms with E-state index in [1.54, 1.807) is 12.1 Å². The Bertz CT molecular complexity index is 285. The highest BCUT2D eigenvalue weighted by molar-refractivity contribution is 9.10. The van der Waals surface area contributed by atoms with Crippen LogP contribution in [0.15, 0.2) is 28.7 Å². The molecule has 1 aromatic carbocycles. The predicted molar refractivity (Wildman–Crippen MR) is 53.0 cm³/mol. The van der Waals surface area contributed by atoms with E-state index in [1.807, 2.05) is 0 Å². The Kier molecular flexibility index (Phi) is 3.43. The number of hydrogen-bond donors (Lipinski definition) is 1. The summed E-state index contributed by atoms with van der Waals surface area (Å²) in [4.78, 5) is 0. The van der Waals surface area contributed by atoms with Crippen LogP contribution in [0, 0.1) is 0 Å². The molecule has 72 valence electrons. The van der Waals surface area contributed by atoms with Gasteiger partial charge in [0.1, 0.15) is 0 Å². The second kappa shape index (κ2) is 4.02. The van der Waals surface area contributed by atoms with Crippen LogP contribution in [0.5, 0.6) is 0 Å². The lowest BCUT2D eigenvalue weighted by Crippen LogP contribution is -2.26. The van der Waals surface area contributed by atoms with Crippen molar-refractivity contribution in [2.45, 2.75) is 10.9 Å². The molecule has 0 saturated carbocycles. The fraction of sp³-hybridized carbons (Fsp3) is 0.250. The monoisotopic (exact) mass is 314 g/mol. The van der Waals surface area contributed by atoms with Crippen molar-refractivity contribution in [1.82, 2.24) is 0 Å². The van der Waals surface area contributed by atoms with E-state index in [4.69, 9.17) is 0 Å². The summed E-state index contributed by atoms with van der Waals surface area (Å²) in [6, 6.07) is 6.02. The average molecular weight is 316 g/mol. The van der Waals surface area contributed by atoms with Crippen LogP contribution in [-0.2, 0) is 4.51 Å². The Morgan fingerprint density at radius 2 is 1.69 bits per heavy atom. The van der Waals surface area contributed by atoms with Crippen LogP contribution >= 0.6 is 31.9 Å². The molecule has 1 unspecified atom stereocenters. The molecule has 0 saturated heterocycles. The minimum Gasteiger partial charge on any atom is -0.370 e. The normalized spacial score (nSPS) is 15.8. The largest absolute Gasteiger partial charge is 0.370 e. The zero-order chi connectivity index (χ0) is 10.1. The Balaban J connectivity index is 3.01. The van der Waals surface area contributed by atoms with E-state index in [0.717, 1.165) is 4.47 Å². The number of alkyl halides is 3. The van der Waals surface area contributed by atoms with Gasteiger partial charge in [-0.1, -0.05) is 28.1 Å². The molecule has 0 spiro atoms. The molecule has 1 nitrogen and oxygen atoms in total. The molecule has 1 rings (SSSR count). The Morgan fingerprint density at radius 1 is 1.23 bits per heavy atom. The van der Waals surface area contributed by atoms with E-state index < -0.39 is 10.9 Å². The molecule has 0 aliphatic carbocycles. The van der Waals surface area contributed by atoms with E-state index in [1.165, 1.54) is 12.1 Å². The van der Waals surface area contributed by atoms with Crippen molar-refractivity contribution in [3.05, 3.63) is 34.3 Å². The average Bonchev–Trinajstić information content (AvgIpc) is 2.04. The minimum absolute atomic E-state index is 0.130. The first-order valence-corrected chi connectivity index (χ1v) is 4.98. The topological polar surface area (TPSA) is 20.2 Å². The van der Waals surface area contributed by atoms with Crippen LogP contribution in [0.3, 0.4) is 0 Å². The standard InChI is InChI=1S/C8H6Br2F2O/c9-6-3-1-5(2-4-6)8(10,13)7(11)12/h1-4,7,13H. The molecule has 13 heavy (non-hydrogen) atoms. The second-order valence-corrected chi connectivity index (χ2v) is 4.61. The molecular weight excluding hydrogens is 310 g/mol. The molecule has 0 amide bonds. The van der Waals surface area contributed by atoms with Gasteiger partial charge in [-0.3, -0.25) is 0 Å². The number of benzene rings is 1. The summed E-state index contributed by atoms with van der Waals surface area (Å²) in [6.07, 6.45) is -2.87. The highest BCUT2D eigenvalue weighted by Crippen LogP contribution is 2.34. The summed E-state index contributed by atoms with van der Waals surface area (Å²) in [6.45, 7) is 0. The maximum atomic E-state index is 12.3. The molecule has 0 bridgehead atoms. The third-order valence-corrected chi connectivity index (χ3v) is 2.87. The third-order valence-electron chi connectivity index (χ3n) is 1.54. The van der Waals surface area contributed by atoms with E-state index >= 15 is 0 Å². The smallest absolute Gasteiger partial charge is 0.281 e. The zero-order valence-corrected chi connectivity index (χ0v) is 9.52. The van der Waals surface area contributed by atoms with Crippen molar-refractivity contribution in [2.75, 3.05) is 0 Å². The van der Waals surface area contributed by atoms with E-state index in [0.29, 0.717) is 0 Å². The van der Waals surface area contributed by atoms with Gasteiger partial charge in [-0.15, -0.1) is 0 Å². The molecule has 0 fully saturated rings. The number of hydrogen-bond acceptors (Lipinski definition) is 1. The molecule has 1 aromatic rings. The van der Waals surface area contributed by atoms with Crippen molar-refractivity contribution in [3.8, 4) is 0 Å². The number of halogens is 4. The lowest BCUT2D eigenvalue weighted by molar-refractivity contribution is -0.0281. The summed E-state index contributed by atoms with van der Waals surface area (Å²) in [7, 11) is 0. The lowest BCUT2D eigenvalue weighted by Gasteiger charge is -2.20. The molecule has 0 radical (unpaired) electrons. The van der Waals surface area contributed by atoms with Gasteiger partial charge in [0.25, 0.3) is 6.43 Å². The molecule has 0 aromatic heterocycles. The lowest BCUT2D eigenvalue weighted by atomic mass is 10.1. The summed E-state index contributed by atoms with van der Waals surface area (Å²) in [5.74, 6) is 0. The van der Waals surface area contributed by atoms with Crippen LogP contribution in [0.2, 0.25) is 0 Å². The van der Waals surface area contributed by atoms with Gasteiger partial charge in [0.15, 0.2) is 0 Å². The van der Waals surface area contributed by atoms with Crippen molar-refractivity contribution >= 4 is 31.9 Å². The van der Waals surface area contributed by atoms with Crippen LogP contribution < -0.4 is 0 Å². The van der Waals surface area contributed by atoms with Crippen LogP contribution in [-0.4, -0.2) is 11.5 Å². The summed E-state index contributed by atoms with van der Waals surface area (Å²) >= 11 is 5.73. The first-order valence-electron chi connectivity index (χ1n) is 3.40. The highest BCUT2D eigenvalue weighted by Gasteiger charge is 2.36. The Labute approximate surface area is 91.0 Å². The molecule has 1 N–H and O–H groups in total. The highest BCUT2D eigenvalue weighted by atomic mass is 79.9. The van der Waals surface area contributed by atoms with Crippen LogP contribution in [0.4, 0.5) is 8.78 Å². The fourth-order valence-corrected chi connectivity index (χ4v) is 1.34. The van der Waals surface area contributed by atoms with Gasteiger partial charge in [-0.25, -0.2) is 8.78 Å². The van der Waals surface area contributed by atoms with Gasteiger partial charge in [-0.05, 0) is 28.1 Å². The summed E-state index contributed by atoms with van der Waals surface area (Å²) < 4.78 is 23.1. The maximum Gasteiger partial charge on any atom is 0.281 e. The molecular formula is C8H6Br2F2O. The van der Waals surface area contributed by atoms with E-state index in [9.17, 15) is 13.9 Å². The Morgan fingerprint density at radius 3 is 2.08 bits per heavy atom. The maximum absolute atomic E-state index is 12.3. The SMILES string of the molecule is OC(Br)(c1ccc(Br)cc1)C(F)F. The predicted octanol–water partition coefficient (Wildman–Crippen LogP) is 3.25. The second-order valence-electron chi connectivity index (χ2n) is 2.48. The number of aliphatic hydroxyl groups is 1. The quantitative estimate of drug-likeness (QED) is 0.831. The fourth-order valence-electron chi connectivity index (χ4n) is 0.810. The van der Waals surface area contributed by atoms with Gasteiger partial charge in [0, 0.05) is 10.0 Å². The van der Waals surface area contributed by atoms with Gasteiger partial charge < -0.3 is 5.11 Å². The van der Waals surface area contributed by atoms with Crippen molar-refractivity contribution < 1.29 is 13.9 Å². The summed E-state index contributed by atoms with van der Waals surface area (Å²) in [5, 5.41) is 9.31. The number of rotatable bonds is 2. The van der Waals surface area contributed by atoms with Crippen molar-refractivity contribution in [3.63, 3.8) is 0 Å². The minimum atomic E-state index is -2.87. The van der Waals surface area contributed by atoms with Crippen molar-refractivity contribution in [1.29, 1.82) is 0 Å². The van der Waals surface area contributed by atoms with E-state index in [-0.39, 0.29) is 5.56 Å². The molecule has 0 aliphatic heterocycles. The molecule has 5 heteroatoms. The van der Waals surface area contributed by atoms with E-state index in [2.05, 4.69) is 31.9 Å². The Hall–Kier alpha value is -0.0000000000000000555. The zero-order valence-electron chi connectivity index (χ0n) is 6.35. The van der Waals surface area contributed by atoms with Crippen LogP contribution in [0.1, 0.15) is 5.56 Å². The van der Waals surface area contributed by atoms with Crippen LogP contribution in [0.25, 0.3) is 0 Å². The van der Waals surface area contributed by atoms with Gasteiger partial charge in [-0.2, -0.15) is 0 Å². The molecule has 0 aliphatic rings. The van der Waals surface area contributed by atoms with Gasteiger partial charge in [0.2, 0.25) is 4.51 Å². The summed E-state index contributed by atoms with van der Waals surface area (Å²) in [5.41, 5.74) is 0.130. The first-order chi connectivity index (χ1) is 5.94. The first kappa shape index (κ1) is 11.1. The van der Waals surface area contributed by atoms with Gasteiger partial charge >= 0.3 is 0 Å². The molecule has 0 heterocycles.